The minimum absolute atomic E-state index is 0.494. The van der Waals surface area contributed by atoms with Crippen LogP contribution in [-0.4, -0.2) is 9.97 Å². The summed E-state index contributed by atoms with van der Waals surface area (Å²) in [6, 6.07) is 5.38. The zero-order valence-electron chi connectivity index (χ0n) is 8.92. The quantitative estimate of drug-likeness (QED) is 0.708. The molecule has 0 saturated heterocycles. The topological polar surface area (TPSA) is 41.8 Å². The van der Waals surface area contributed by atoms with Gasteiger partial charge in [-0.05, 0) is 30.7 Å². The second kappa shape index (κ2) is 3.79. The number of furan rings is 1. The molecule has 1 N–H and O–H groups in total. The Labute approximate surface area is 107 Å². The number of aromatic amines is 1. The number of H-pyrrole nitrogens is 1. The second-order valence-corrected chi connectivity index (χ2v) is 4.62. The third kappa shape index (κ3) is 1.72. The van der Waals surface area contributed by atoms with Gasteiger partial charge in [0, 0.05) is 0 Å². The number of nitrogens with one attached hydrogen (secondary N) is 1. The third-order valence-electron chi connectivity index (χ3n) is 2.60. The summed E-state index contributed by atoms with van der Waals surface area (Å²) in [5.41, 5.74) is 2.64. The largest absolute Gasteiger partial charge is 0.461 e. The lowest BCUT2D eigenvalue weighted by molar-refractivity contribution is 0.577. The Morgan fingerprint density at radius 2 is 2.00 bits per heavy atom. The van der Waals surface area contributed by atoms with E-state index in [0.717, 1.165) is 22.4 Å². The van der Waals surface area contributed by atoms with E-state index in [1.807, 2.05) is 13.0 Å². The molecule has 1 aromatic carbocycles. The number of hydrogen-bond donors (Lipinski definition) is 1. The summed E-state index contributed by atoms with van der Waals surface area (Å²) >= 11 is 11.9. The van der Waals surface area contributed by atoms with Gasteiger partial charge in [-0.25, -0.2) is 4.98 Å². The van der Waals surface area contributed by atoms with Crippen molar-refractivity contribution in [3.8, 4) is 11.6 Å². The predicted octanol–water partition coefficient (Wildman–Crippen LogP) is 4.44. The number of halogens is 2. The van der Waals surface area contributed by atoms with Gasteiger partial charge in [0.1, 0.15) is 0 Å². The summed E-state index contributed by atoms with van der Waals surface area (Å²) in [7, 11) is 0. The maximum absolute atomic E-state index is 5.95. The van der Waals surface area contributed by atoms with Crippen LogP contribution in [0.5, 0.6) is 0 Å². The number of aryl methyl sites for hydroxylation is 1. The number of nitrogens with zero attached hydrogens (tertiary/aromatic N) is 1. The Bertz CT molecular complexity index is 661. The summed E-state index contributed by atoms with van der Waals surface area (Å²) in [5, 5.41) is 0.999. The zero-order valence-corrected chi connectivity index (χ0v) is 10.4. The summed E-state index contributed by atoms with van der Waals surface area (Å²) in [5.74, 6) is 1.41. The molecule has 0 aliphatic heterocycles. The lowest BCUT2D eigenvalue weighted by Gasteiger charge is -1.93. The standard InChI is InChI=1S/C12H8Cl2N2O/c1-6-2-3-17-11(6)12-15-9-4-7(13)8(14)5-10(9)16-12/h2-5H,1H3,(H,15,16). The minimum atomic E-state index is 0.494. The van der Waals surface area contributed by atoms with Gasteiger partial charge in [0.05, 0.1) is 27.3 Å². The molecule has 0 amide bonds. The first kappa shape index (κ1) is 10.7. The van der Waals surface area contributed by atoms with Crippen molar-refractivity contribution in [1.82, 2.24) is 9.97 Å². The number of aromatic nitrogens is 2. The SMILES string of the molecule is Cc1ccoc1-c1nc2cc(Cl)c(Cl)cc2[nH]1. The number of fused-ring (bicyclic) bond motifs is 1. The van der Waals surface area contributed by atoms with Crippen LogP contribution in [0.2, 0.25) is 10.0 Å². The molecule has 0 bridgehead atoms. The molecule has 0 aliphatic carbocycles. The molecule has 3 aromatic rings. The van der Waals surface area contributed by atoms with Crippen molar-refractivity contribution in [2.24, 2.45) is 0 Å². The highest BCUT2D eigenvalue weighted by Gasteiger charge is 2.12. The number of benzene rings is 1. The molecule has 0 atom stereocenters. The van der Waals surface area contributed by atoms with Crippen LogP contribution >= 0.6 is 23.2 Å². The lowest BCUT2D eigenvalue weighted by atomic mass is 10.3. The Morgan fingerprint density at radius 1 is 1.24 bits per heavy atom. The minimum Gasteiger partial charge on any atom is -0.461 e. The molecule has 0 unspecified atom stereocenters. The molecule has 3 rings (SSSR count). The zero-order chi connectivity index (χ0) is 12.0. The maximum atomic E-state index is 5.95. The van der Waals surface area contributed by atoms with Crippen molar-refractivity contribution >= 4 is 34.2 Å². The number of imidazole rings is 1. The molecule has 5 heteroatoms. The van der Waals surface area contributed by atoms with E-state index in [9.17, 15) is 0 Å². The van der Waals surface area contributed by atoms with Gasteiger partial charge in [-0.3, -0.25) is 0 Å². The first-order valence-corrected chi connectivity index (χ1v) is 5.80. The van der Waals surface area contributed by atoms with Crippen molar-refractivity contribution in [3.63, 3.8) is 0 Å². The fourth-order valence-corrected chi connectivity index (χ4v) is 2.05. The molecule has 86 valence electrons. The lowest BCUT2D eigenvalue weighted by Crippen LogP contribution is -1.78. The molecule has 2 heterocycles. The van der Waals surface area contributed by atoms with Crippen molar-refractivity contribution in [1.29, 1.82) is 0 Å². The highest BCUT2D eigenvalue weighted by atomic mass is 35.5. The number of hydrogen-bond acceptors (Lipinski definition) is 2. The van der Waals surface area contributed by atoms with E-state index >= 15 is 0 Å². The van der Waals surface area contributed by atoms with Crippen LogP contribution < -0.4 is 0 Å². The van der Waals surface area contributed by atoms with Crippen molar-refractivity contribution in [3.05, 3.63) is 40.1 Å². The highest BCUT2D eigenvalue weighted by molar-refractivity contribution is 6.42. The van der Waals surface area contributed by atoms with Crippen LogP contribution in [-0.2, 0) is 0 Å². The summed E-state index contributed by atoms with van der Waals surface area (Å²) in [6.07, 6.45) is 1.64. The van der Waals surface area contributed by atoms with Gasteiger partial charge in [0.25, 0.3) is 0 Å². The van der Waals surface area contributed by atoms with E-state index in [1.54, 1.807) is 18.4 Å². The van der Waals surface area contributed by atoms with Gasteiger partial charge in [-0.2, -0.15) is 0 Å². The molecule has 0 spiro atoms. The van der Waals surface area contributed by atoms with E-state index in [4.69, 9.17) is 27.6 Å². The van der Waals surface area contributed by atoms with Gasteiger partial charge in [-0.1, -0.05) is 23.2 Å². The van der Waals surface area contributed by atoms with Crippen molar-refractivity contribution < 1.29 is 4.42 Å². The molecule has 0 fully saturated rings. The highest BCUT2D eigenvalue weighted by Crippen LogP contribution is 2.29. The molecule has 3 nitrogen and oxygen atoms in total. The fraction of sp³-hybridized carbons (Fsp3) is 0.0833. The Kier molecular flexibility index (Phi) is 2.38. The molecule has 2 aromatic heterocycles. The Morgan fingerprint density at radius 3 is 2.71 bits per heavy atom. The summed E-state index contributed by atoms with van der Waals surface area (Å²) < 4.78 is 5.38. The molecule has 0 aliphatic rings. The average Bonchev–Trinajstić information content (AvgIpc) is 2.85. The van der Waals surface area contributed by atoms with Crippen LogP contribution in [0.4, 0.5) is 0 Å². The molecule has 0 saturated carbocycles. The van der Waals surface area contributed by atoms with E-state index < -0.39 is 0 Å². The summed E-state index contributed by atoms with van der Waals surface area (Å²) in [6.45, 7) is 1.96. The van der Waals surface area contributed by atoms with E-state index in [0.29, 0.717) is 15.9 Å². The number of rotatable bonds is 1. The Balaban J connectivity index is 2.24. The van der Waals surface area contributed by atoms with E-state index in [1.165, 1.54) is 0 Å². The first-order valence-electron chi connectivity index (χ1n) is 5.04. The smallest absolute Gasteiger partial charge is 0.174 e. The second-order valence-electron chi connectivity index (χ2n) is 3.80. The fourth-order valence-electron chi connectivity index (χ4n) is 1.73. The normalized spacial score (nSPS) is 11.2. The molecule has 0 radical (unpaired) electrons. The van der Waals surface area contributed by atoms with Crippen LogP contribution in [0.15, 0.2) is 28.9 Å². The molecular formula is C12H8Cl2N2O. The first-order chi connectivity index (χ1) is 8.15. The van der Waals surface area contributed by atoms with Crippen LogP contribution in [0.1, 0.15) is 5.56 Å². The molecule has 17 heavy (non-hydrogen) atoms. The third-order valence-corrected chi connectivity index (χ3v) is 3.32. The average molecular weight is 267 g/mol. The van der Waals surface area contributed by atoms with Crippen molar-refractivity contribution in [2.75, 3.05) is 0 Å². The predicted molar refractivity (Wildman–Crippen MR) is 68.6 cm³/mol. The summed E-state index contributed by atoms with van der Waals surface area (Å²) in [4.78, 5) is 7.58. The van der Waals surface area contributed by atoms with Gasteiger partial charge in [0.15, 0.2) is 11.6 Å². The maximum Gasteiger partial charge on any atom is 0.174 e. The van der Waals surface area contributed by atoms with Gasteiger partial charge < -0.3 is 9.40 Å². The van der Waals surface area contributed by atoms with Crippen molar-refractivity contribution in [2.45, 2.75) is 6.92 Å². The monoisotopic (exact) mass is 266 g/mol. The van der Waals surface area contributed by atoms with E-state index in [2.05, 4.69) is 9.97 Å². The van der Waals surface area contributed by atoms with Crippen LogP contribution in [0, 0.1) is 6.92 Å². The van der Waals surface area contributed by atoms with Crippen LogP contribution in [0.3, 0.4) is 0 Å². The van der Waals surface area contributed by atoms with Gasteiger partial charge in [-0.15, -0.1) is 0 Å². The Hall–Kier alpha value is -1.45. The van der Waals surface area contributed by atoms with E-state index in [-0.39, 0.29) is 0 Å². The van der Waals surface area contributed by atoms with Gasteiger partial charge >= 0.3 is 0 Å². The molecular weight excluding hydrogens is 259 g/mol. The van der Waals surface area contributed by atoms with Crippen LogP contribution in [0.25, 0.3) is 22.6 Å². The van der Waals surface area contributed by atoms with Gasteiger partial charge in [0.2, 0.25) is 0 Å².